The summed E-state index contributed by atoms with van der Waals surface area (Å²) in [6, 6.07) is 18.4. The van der Waals surface area contributed by atoms with E-state index in [1.165, 1.54) is 12.1 Å². The highest BCUT2D eigenvalue weighted by atomic mass is 16.5. The quantitative estimate of drug-likeness (QED) is 0.122. The smallest absolute Gasteiger partial charge is 0.193 e. The lowest BCUT2D eigenvalue weighted by atomic mass is 9.85. The van der Waals surface area contributed by atoms with Gasteiger partial charge >= 0.3 is 0 Å². The summed E-state index contributed by atoms with van der Waals surface area (Å²) in [5.41, 5.74) is 4.44. The molecular formula is C47H34O6. The molecule has 0 atom stereocenters. The van der Waals surface area contributed by atoms with Gasteiger partial charge in [-0.05, 0) is 65.6 Å². The molecule has 8 rings (SSSR count). The zero-order valence-electron chi connectivity index (χ0n) is 29.2. The van der Waals surface area contributed by atoms with Crippen LogP contribution in [0, 0.1) is 0 Å². The van der Waals surface area contributed by atoms with E-state index in [4.69, 9.17) is 18.3 Å². The number of hydrogen-bond donors (Lipinski definition) is 0. The molecule has 2 aromatic heterocycles. The molecule has 258 valence electrons. The zero-order valence-corrected chi connectivity index (χ0v) is 29.2. The van der Waals surface area contributed by atoms with Gasteiger partial charge in [0.05, 0.1) is 10.6 Å². The van der Waals surface area contributed by atoms with Crippen LogP contribution in [-0.2, 0) is 6.42 Å². The maximum Gasteiger partial charge on any atom is 0.193 e. The molecule has 4 aromatic carbocycles. The molecule has 0 unspecified atom stereocenters. The van der Waals surface area contributed by atoms with Gasteiger partial charge in [0.15, 0.2) is 10.9 Å². The maximum atomic E-state index is 13.6. The van der Waals surface area contributed by atoms with Gasteiger partial charge in [0.25, 0.3) is 0 Å². The van der Waals surface area contributed by atoms with Crippen molar-refractivity contribution in [3.8, 4) is 28.4 Å². The lowest BCUT2D eigenvalue weighted by Gasteiger charge is -2.26. The van der Waals surface area contributed by atoms with Crippen LogP contribution in [0.25, 0.3) is 66.9 Å². The fourth-order valence-corrected chi connectivity index (χ4v) is 7.20. The zero-order chi connectivity index (χ0) is 36.8. The fourth-order valence-electron chi connectivity index (χ4n) is 7.20. The highest BCUT2D eigenvalue weighted by Crippen LogP contribution is 2.53. The first kappa shape index (κ1) is 33.2. The number of ether oxygens (including phenoxy) is 2. The van der Waals surface area contributed by atoms with Gasteiger partial charge in [-0.1, -0.05) is 100 Å². The van der Waals surface area contributed by atoms with E-state index in [2.05, 4.69) is 38.4 Å². The number of allylic oxidation sites excluding steroid dienone is 10. The van der Waals surface area contributed by atoms with Gasteiger partial charge in [0.1, 0.15) is 45.5 Å². The Hall–Kier alpha value is -6.92. The SMILES string of the molecule is C=C/C=C(\C=C)c1cc(=O)c2/c(o1)=C\Cc1c3cccc4c3c(c3cccc(c13)OC(=C)\C=2)-c1cc2oc(C(/C=C\CC)=C/C=C)cc(=O)c2cc1O4. The highest BCUT2D eigenvalue weighted by molar-refractivity contribution is 6.20. The van der Waals surface area contributed by atoms with Crippen LogP contribution in [0.5, 0.6) is 17.2 Å². The van der Waals surface area contributed by atoms with Gasteiger partial charge in [-0.3, -0.25) is 9.59 Å². The van der Waals surface area contributed by atoms with E-state index >= 15 is 0 Å². The van der Waals surface area contributed by atoms with E-state index in [9.17, 15) is 9.59 Å². The number of benzene rings is 4. The van der Waals surface area contributed by atoms with Crippen molar-refractivity contribution in [2.75, 3.05) is 0 Å². The first-order chi connectivity index (χ1) is 25.8. The Bertz CT molecular complexity index is 2960. The Balaban J connectivity index is 1.43. The van der Waals surface area contributed by atoms with Gasteiger partial charge in [-0.25, -0.2) is 0 Å². The first-order valence-electron chi connectivity index (χ1n) is 17.3. The van der Waals surface area contributed by atoms with E-state index in [-0.39, 0.29) is 16.6 Å². The Morgan fingerprint density at radius 3 is 2.25 bits per heavy atom. The van der Waals surface area contributed by atoms with Gasteiger partial charge in [-0.2, -0.15) is 0 Å². The summed E-state index contributed by atoms with van der Waals surface area (Å²) in [7, 11) is 0. The van der Waals surface area contributed by atoms with Crippen LogP contribution in [0.4, 0.5) is 0 Å². The minimum Gasteiger partial charge on any atom is -0.457 e. The molecular weight excluding hydrogens is 661 g/mol. The third-order valence-corrected chi connectivity index (χ3v) is 9.49. The van der Waals surface area contributed by atoms with Gasteiger partial charge < -0.3 is 18.3 Å². The molecule has 0 aliphatic carbocycles. The normalized spacial score (nSPS) is 15.1. The third-order valence-electron chi connectivity index (χ3n) is 9.49. The van der Waals surface area contributed by atoms with Crippen LogP contribution in [0.15, 0.2) is 154 Å². The van der Waals surface area contributed by atoms with E-state index in [1.54, 1.807) is 36.4 Å². The second-order valence-electron chi connectivity index (χ2n) is 12.7. The summed E-state index contributed by atoms with van der Waals surface area (Å²) in [6.45, 7) is 17.7. The molecule has 6 nitrogen and oxygen atoms in total. The molecule has 0 radical (unpaired) electrons. The monoisotopic (exact) mass is 694 g/mol. The first-order valence-corrected chi connectivity index (χ1v) is 17.3. The summed E-state index contributed by atoms with van der Waals surface area (Å²) < 4.78 is 25.9. The van der Waals surface area contributed by atoms with Crippen LogP contribution in [0.3, 0.4) is 0 Å². The summed E-state index contributed by atoms with van der Waals surface area (Å²) in [6.07, 6.45) is 17.2. The molecule has 0 spiro atoms. The van der Waals surface area contributed by atoms with Gasteiger partial charge in [-0.15, -0.1) is 0 Å². The minimum absolute atomic E-state index is 0.178. The van der Waals surface area contributed by atoms with Crippen LogP contribution in [-0.4, -0.2) is 0 Å². The molecule has 0 saturated carbocycles. The number of hydrogen-bond acceptors (Lipinski definition) is 6. The van der Waals surface area contributed by atoms with Crippen molar-refractivity contribution in [2.45, 2.75) is 19.8 Å². The van der Waals surface area contributed by atoms with E-state index < -0.39 is 0 Å². The van der Waals surface area contributed by atoms with Crippen molar-refractivity contribution in [2.24, 2.45) is 0 Å². The van der Waals surface area contributed by atoms with Crippen molar-refractivity contribution >= 4 is 55.8 Å². The topological polar surface area (TPSA) is 78.9 Å². The molecule has 0 fully saturated rings. The molecule has 0 N–H and O–H groups in total. The summed E-state index contributed by atoms with van der Waals surface area (Å²) in [4.78, 5) is 27.1. The van der Waals surface area contributed by atoms with Crippen LogP contribution in [0.1, 0.15) is 30.4 Å². The molecule has 2 aliphatic heterocycles. The Labute approximate surface area is 304 Å². The largest absolute Gasteiger partial charge is 0.457 e. The second-order valence-corrected chi connectivity index (χ2v) is 12.7. The molecule has 6 heteroatoms. The molecule has 53 heavy (non-hydrogen) atoms. The lowest BCUT2D eigenvalue weighted by Crippen LogP contribution is -2.39. The van der Waals surface area contributed by atoms with E-state index in [1.807, 2.05) is 61.6 Å². The summed E-state index contributed by atoms with van der Waals surface area (Å²) >= 11 is 0. The van der Waals surface area contributed by atoms with Crippen molar-refractivity contribution < 1.29 is 18.3 Å². The lowest BCUT2D eigenvalue weighted by molar-refractivity contribution is 0.458. The average Bonchev–Trinajstić information content (AvgIpc) is 3.15. The Kier molecular flexibility index (Phi) is 8.36. The van der Waals surface area contributed by atoms with E-state index in [0.29, 0.717) is 62.4 Å². The maximum absolute atomic E-state index is 13.6. The van der Waals surface area contributed by atoms with Crippen LogP contribution in [0.2, 0.25) is 0 Å². The Morgan fingerprint density at radius 2 is 1.49 bits per heavy atom. The Morgan fingerprint density at radius 1 is 0.774 bits per heavy atom. The second kappa shape index (κ2) is 13.3. The molecule has 0 bridgehead atoms. The predicted molar refractivity (Wildman–Crippen MR) is 216 cm³/mol. The van der Waals surface area contributed by atoms with Crippen molar-refractivity contribution in [3.05, 3.63) is 183 Å². The highest BCUT2D eigenvalue weighted by Gasteiger charge is 2.28. The summed E-state index contributed by atoms with van der Waals surface area (Å²) in [5.74, 6) is 2.89. The van der Waals surface area contributed by atoms with Crippen LogP contribution >= 0.6 is 0 Å². The molecule has 4 heterocycles. The predicted octanol–water partition coefficient (Wildman–Crippen LogP) is 9.83. The number of fused-ring (bicyclic) bond motifs is 6. The van der Waals surface area contributed by atoms with Gasteiger partial charge in [0, 0.05) is 45.2 Å². The molecule has 0 saturated heterocycles. The summed E-state index contributed by atoms with van der Waals surface area (Å²) in [5, 5.41) is 4.38. The van der Waals surface area contributed by atoms with Crippen molar-refractivity contribution in [3.63, 3.8) is 0 Å². The van der Waals surface area contributed by atoms with Crippen LogP contribution < -0.4 is 31.0 Å². The minimum atomic E-state index is -0.240. The van der Waals surface area contributed by atoms with Gasteiger partial charge in [0.2, 0.25) is 0 Å². The molecule has 0 amide bonds. The molecule has 2 aliphatic rings. The van der Waals surface area contributed by atoms with Crippen molar-refractivity contribution in [1.82, 2.24) is 0 Å². The fraction of sp³-hybridized carbons (Fsp3) is 0.0638. The standard InChI is InChI=1S/C47H34O6/c1-6-10-15-29(14-8-3)42-26-37(49)34-23-44-35(24-43(34)53-42)46-32-17-12-18-39-45(32)31(30-16-11-19-40(52-44)47(30)46)20-21-38-33(22-27(5)50-39)36(48)25-41(51-38)28(9-4)13-7-2/h7-19,21-26H,2-6,20H2,1H3/b15-10-,28-13+,29-14+,33-22-,38-21+. The average molecular weight is 695 g/mol. The molecule has 6 aromatic rings. The number of rotatable bonds is 7. The third kappa shape index (κ3) is 5.61. The van der Waals surface area contributed by atoms with E-state index in [0.717, 1.165) is 50.2 Å². The van der Waals surface area contributed by atoms with Crippen molar-refractivity contribution in [1.29, 1.82) is 0 Å².